The van der Waals surface area contributed by atoms with Gasteiger partial charge >= 0.3 is 6.03 Å². The highest BCUT2D eigenvalue weighted by atomic mass is 16.5. The van der Waals surface area contributed by atoms with Crippen molar-refractivity contribution in [1.82, 2.24) is 10.1 Å². The molecule has 0 radical (unpaired) electrons. The van der Waals surface area contributed by atoms with Crippen LogP contribution in [0.25, 0.3) is 6.08 Å². The van der Waals surface area contributed by atoms with Crippen molar-refractivity contribution in [2.45, 2.75) is 47.0 Å². The van der Waals surface area contributed by atoms with Crippen LogP contribution in [0.15, 0.2) is 34.4 Å². The fourth-order valence-electron chi connectivity index (χ4n) is 3.19. The van der Waals surface area contributed by atoms with Gasteiger partial charge in [-0.3, -0.25) is 5.32 Å². The lowest BCUT2D eigenvalue weighted by Crippen LogP contribution is -2.39. The van der Waals surface area contributed by atoms with Crippen LogP contribution in [0.2, 0.25) is 0 Å². The lowest BCUT2D eigenvalue weighted by molar-refractivity contribution is 0.207. The van der Waals surface area contributed by atoms with Crippen molar-refractivity contribution in [3.8, 4) is 5.75 Å². The minimum absolute atomic E-state index is 0.135. The molecule has 1 aliphatic heterocycles. The number of nitrogens with one attached hydrogen (secondary N) is 1. The van der Waals surface area contributed by atoms with Crippen LogP contribution < -0.4 is 10.1 Å². The molecule has 1 N–H and O–H groups in total. The van der Waals surface area contributed by atoms with Gasteiger partial charge < -0.3 is 14.2 Å². The zero-order chi connectivity index (χ0) is 20.8. The molecule has 0 bridgehead atoms. The Bertz CT molecular complexity index is 860. The van der Waals surface area contributed by atoms with E-state index in [1.165, 1.54) is 5.57 Å². The van der Waals surface area contributed by atoms with Gasteiger partial charge in [0.05, 0.1) is 12.3 Å². The Hall–Kier alpha value is -2.76. The third-order valence-corrected chi connectivity index (χ3v) is 5.26. The van der Waals surface area contributed by atoms with Crippen LogP contribution in [0.5, 0.6) is 5.75 Å². The molecule has 1 saturated heterocycles. The second-order valence-electron chi connectivity index (χ2n) is 8.05. The van der Waals surface area contributed by atoms with Gasteiger partial charge in [0.25, 0.3) is 0 Å². The molecule has 1 aliphatic rings. The number of hydrogen-bond donors (Lipinski definition) is 1. The van der Waals surface area contributed by atoms with Crippen LogP contribution in [0.1, 0.15) is 49.9 Å². The van der Waals surface area contributed by atoms with Crippen LogP contribution in [0.3, 0.4) is 0 Å². The number of amides is 2. The number of benzene rings is 1. The molecule has 156 valence electrons. The van der Waals surface area contributed by atoms with Crippen molar-refractivity contribution < 1.29 is 14.1 Å². The number of carbonyl (C=O) groups is 1. The Kier molecular flexibility index (Phi) is 6.96. The number of aromatic nitrogens is 1. The van der Waals surface area contributed by atoms with Crippen LogP contribution in [-0.2, 0) is 0 Å². The molecule has 0 unspecified atom stereocenters. The Morgan fingerprint density at radius 1 is 1.31 bits per heavy atom. The van der Waals surface area contributed by atoms with Crippen LogP contribution >= 0.6 is 0 Å². The molecular formula is C23H31N3O3. The van der Waals surface area contributed by atoms with E-state index in [9.17, 15) is 4.79 Å². The summed E-state index contributed by atoms with van der Waals surface area (Å²) in [6.45, 7) is 10.3. The van der Waals surface area contributed by atoms with Gasteiger partial charge in [0.1, 0.15) is 5.75 Å². The summed E-state index contributed by atoms with van der Waals surface area (Å²) < 4.78 is 11.0. The van der Waals surface area contributed by atoms with Crippen molar-refractivity contribution in [2.75, 3.05) is 25.0 Å². The van der Waals surface area contributed by atoms with E-state index in [1.54, 1.807) is 0 Å². The molecule has 0 spiro atoms. The van der Waals surface area contributed by atoms with Crippen molar-refractivity contribution in [3.05, 3.63) is 46.7 Å². The molecule has 0 aliphatic carbocycles. The smallest absolute Gasteiger partial charge is 0.324 e. The van der Waals surface area contributed by atoms with Gasteiger partial charge in [-0.05, 0) is 56.7 Å². The van der Waals surface area contributed by atoms with Crippen molar-refractivity contribution in [1.29, 1.82) is 0 Å². The number of aryl methyl sites for hydroxylation is 1. The Morgan fingerprint density at radius 3 is 2.72 bits per heavy atom. The summed E-state index contributed by atoms with van der Waals surface area (Å²) in [7, 11) is 0. The molecule has 2 heterocycles. The Labute approximate surface area is 172 Å². The summed E-state index contributed by atoms with van der Waals surface area (Å²) in [4.78, 5) is 14.3. The predicted molar refractivity (Wildman–Crippen MR) is 115 cm³/mol. The van der Waals surface area contributed by atoms with Gasteiger partial charge in [-0.2, -0.15) is 0 Å². The van der Waals surface area contributed by atoms with Crippen LogP contribution in [0.4, 0.5) is 10.7 Å². The average Bonchev–Trinajstić information content (AvgIpc) is 3.01. The highest BCUT2D eigenvalue weighted by molar-refractivity contribution is 5.88. The summed E-state index contributed by atoms with van der Waals surface area (Å²) in [5.41, 5.74) is 4.15. The number of carbonyl (C=O) groups excluding carboxylic acids is 1. The highest BCUT2D eigenvalue weighted by Gasteiger charge is 2.21. The maximum atomic E-state index is 12.5. The largest absolute Gasteiger partial charge is 0.494 e. The second kappa shape index (κ2) is 9.63. The molecule has 6 nitrogen and oxygen atoms in total. The standard InChI is InChI=1S/C23H31N3O3/c1-16(2)10-13-28-21-7-5-6-20(15-21)14-19-8-11-26(12-9-19)23(27)24-22-17(3)18(4)25-29-22/h5-7,14-16H,8-13H2,1-4H3,(H,24,27). The van der Waals surface area contributed by atoms with E-state index in [2.05, 4.69) is 42.5 Å². The average molecular weight is 398 g/mol. The third kappa shape index (κ3) is 5.86. The number of rotatable bonds is 6. The first kappa shape index (κ1) is 21.0. The predicted octanol–water partition coefficient (Wildman–Crippen LogP) is 5.43. The van der Waals surface area contributed by atoms with E-state index >= 15 is 0 Å². The molecule has 2 amide bonds. The topological polar surface area (TPSA) is 67.6 Å². The minimum atomic E-state index is -0.135. The second-order valence-corrected chi connectivity index (χ2v) is 8.05. The molecule has 3 rings (SSSR count). The molecule has 2 aromatic rings. The van der Waals surface area contributed by atoms with E-state index in [1.807, 2.05) is 30.9 Å². The summed E-state index contributed by atoms with van der Waals surface area (Å²) in [6, 6.07) is 8.07. The zero-order valence-electron chi connectivity index (χ0n) is 17.8. The lowest BCUT2D eigenvalue weighted by atomic mass is 10.0. The third-order valence-electron chi connectivity index (χ3n) is 5.26. The van der Waals surface area contributed by atoms with E-state index in [0.717, 1.165) is 48.4 Å². The normalized spacial score (nSPS) is 14.2. The van der Waals surface area contributed by atoms with Crippen molar-refractivity contribution in [3.63, 3.8) is 0 Å². The van der Waals surface area contributed by atoms with E-state index in [0.29, 0.717) is 24.9 Å². The molecule has 6 heteroatoms. The van der Waals surface area contributed by atoms with E-state index in [4.69, 9.17) is 9.26 Å². The van der Waals surface area contributed by atoms with E-state index < -0.39 is 0 Å². The maximum Gasteiger partial charge on any atom is 0.324 e. The lowest BCUT2D eigenvalue weighted by Gasteiger charge is -2.28. The minimum Gasteiger partial charge on any atom is -0.494 e. The fourth-order valence-corrected chi connectivity index (χ4v) is 3.19. The van der Waals surface area contributed by atoms with Gasteiger partial charge in [-0.1, -0.05) is 42.8 Å². The summed E-state index contributed by atoms with van der Waals surface area (Å²) in [5, 5.41) is 6.70. The summed E-state index contributed by atoms with van der Waals surface area (Å²) in [5.74, 6) is 1.98. The monoisotopic (exact) mass is 397 g/mol. The Balaban J connectivity index is 1.53. The number of nitrogens with zero attached hydrogens (tertiary/aromatic N) is 2. The van der Waals surface area contributed by atoms with Gasteiger partial charge in [-0.15, -0.1) is 0 Å². The molecule has 1 aromatic heterocycles. The number of likely N-dealkylation sites (tertiary alicyclic amines) is 1. The van der Waals surface area contributed by atoms with Gasteiger partial charge in [0, 0.05) is 18.7 Å². The Morgan fingerprint density at radius 2 is 2.07 bits per heavy atom. The molecule has 29 heavy (non-hydrogen) atoms. The fraction of sp³-hybridized carbons (Fsp3) is 0.478. The summed E-state index contributed by atoms with van der Waals surface area (Å²) >= 11 is 0. The molecule has 0 atom stereocenters. The molecule has 0 saturated carbocycles. The van der Waals surface area contributed by atoms with E-state index in [-0.39, 0.29) is 6.03 Å². The highest BCUT2D eigenvalue weighted by Crippen LogP contribution is 2.23. The summed E-state index contributed by atoms with van der Waals surface area (Å²) in [6.07, 6.45) is 4.99. The molecule has 1 aromatic carbocycles. The first-order chi connectivity index (χ1) is 13.9. The zero-order valence-corrected chi connectivity index (χ0v) is 17.8. The van der Waals surface area contributed by atoms with Crippen LogP contribution in [-0.4, -0.2) is 35.8 Å². The van der Waals surface area contributed by atoms with Gasteiger partial charge in [-0.25, -0.2) is 4.79 Å². The SMILES string of the molecule is Cc1noc(NC(=O)N2CCC(=Cc3cccc(OCCC(C)C)c3)CC2)c1C. The molecular weight excluding hydrogens is 366 g/mol. The number of hydrogen-bond acceptors (Lipinski definition) is 4. The first-order valence-corrected chi connectivity index (χ1v) is 10.3. The number of piperidine rings is 1. The van der Waals surface area contributed by atoms with Crippen LogP contribution in [0, 0.1) is 19.8 Å². The van der Waals surface area contributed by atoms with Crippen molar-refractivity contribution >= 4 is 18.0 Å². The van der Waals surface area contributed by atoms with Gasteiger partial charge in [0.15, 0.2) is 0 Å². The number of ether oxygens (including phenoxy) is 1. The van der Waals surface area contributed by atoms with Crippen molar-refractivity contribution in [2.24, 2.45) is 5.92 Å². The first-order valence-electron chi connectivity index (χ1n) is 10.3. The number of anilines is 1. The molecule has 1 fully saturated rings. The quantitative estimate of drug-likeness (QED) is 0.706. The maximum absolute atomic E-state index is 12.5. The van der Waals surface area contributed by atoms with Gasteiger partial charge in [0.2, 0.25) is 5.88 Å². The number of urea groups is 1.